The molecule has 1 aliphatic rings. The van der Waals surface area contributed by atoms with Crippen LogP contribution in [0.4, 0.5) is 0 Å². The standard InChI is InChI=1S/C13H28BO3P/c1-7-15-18(5,6)17-12-10(4)13(14)16-11(12)8-9(2)3/h9-13H,5,7-8,14H2,1-4,6H3. The molecule has 0 aromatic carbocycles. The van der Waals surface area contributed by atoms with E-state index in [0.717, 1.165) is 6.42 Å². The monoisotopic (exact) mass is 274 g/mol. The summed E-state index contributed by atoms with van der Waals surface area (Å²) in [6.07, 6.45) is 5.43. The number of hydrogen-bond acceptors (Lipinski definition) is 3. The zero-order valence-electron chi connectivity index (χ0n) is 12.7. The highest BCUT2D eigenvalue weighted by Gasteiger charge is 2.41. The maximum Gasteiger partial charge on any atom is 0.139 e. The molecule has 18 heavy (non-hydrogen) atoms. The van der Waals surface area contributed by atoms with E-state index >= 15 is 0 Å². The van der Waals surface area contributed by atoms with Gasteiger partial charge in [0, 0.05) is 18.6 Å². The van der Waals surface area contributed by atoms with E-state index in [-0.39, 0.29) is 18.2 Å². The van der Waals surface area contributed by atoms with Crippen molar-refractivity contribution < 1.29 is 13.8 Å². The van der Waals surface area contributed by atoms with Gasteiger partial charge >= 0.3 is 0 Å². The Morgan fingerprint density at radius 3 is 2.56 bits per heavy atom. The topological polar surface area (TPSA) is 27.7 Å². The van der Waals surface area contributed by atoms with E-state index in [1.54, 1.807) is 0 Å². The summed E-state index contributed by atoms with van der Waals surface area (Å²) >= 11 is 0. The lowest BCUT2D eigenvalue weighted by atomic mass is 9.85. The lowest BCUT2D eigenvalue weighted by Gasteiger charge is -2.29. The Bertz CT molecular complexity index is 307. The van der Waals surface area contributed by atoms with E-state index in [1.807, 2.05) is 13.6 Å². The van der Waals surface area contributed by atoms with Crippen molar-refractivity contribution in [2.75, 3.05) is 13.3 Å². The second kappa shape index (κ2) is 6.61. The molecular weight excluding hydrogens is 246 g/mol. The fourth-order valence-corrected chi connectivity index (χ4v) is 3.91. The van der Waals surface area contributed by atoms with Crippen molar-refractivity contribution in [3.8, 4) is 0 Å². The Labute approximate surface area is 113 Å². The van der Waals surface area contributed by atoms with Gasteiger partial charge < -0.3 is 13.8 Å². The first-order valence-electron chi connectivity index (χ1n) is 6.96. The molecule has 0 radical (unpaired) electrons. The van der Waals surface area contributed by atoms with Crippen molar-refractivity contribution in [1.82, 2.24) is 0 Å². The molecule has 106 valence electrons. The lowest BCUT2D eigenvalue weighted by molar-refractivity contribution is 0.0270. The second-order valence-electron chi connectivity index (χ2n) is 5.87. The molecule has 0 spiro atoms. The van der Waals surface area contributed by atoms with Crippen LogP contribution in [0, 0.1) is 11.8 Å². The van der Waals surface area contributed by atoms with Crippen LogP contribution in [-0.4, -0.2) is 45.6 Å². The molecule has 1 rings (SSSR count). The van der Waals surface area contributed by atoms with Gasteiger partial charge in [-0.25, -0.2) is 0 Å². The van der Waals surface area contributed by atoms with Crippen molar-refractivity contribution in [2.45, 2.75) is 52.3 Å². The molecule has 3 nitrogen and oxygen atoms in total. The smallest absolute Gasteiger partial charge is 0.139 e. The number of ether oxygens (including phenoxy) is 1. The van der Waals surface area contributed by atoms with Gasteiger partial charge in [0.25, 0.3) is 0 Å². The summed E-state index contributed by atoms with van der Waals surface area (Å²) in [5.74, 6) is 1.01. The van der Waals surface area contributed by atoms with Gasteiger partial charge in [-0.3, -0.25) is 0 Å². The van der Waals surface area contributed by atoms with Crippen LogP contribution in [0.5, 0.6) is 0 Å². The zero-order valence-corrected chi connectivity index (χ0v) is 13.6. The first-order valence-corrected chi connectivity index (χ1v) is 9.21. The molecule has 5 heteroatoms. The highest BCUT2D eigenvalue weighted by atomic mass is 31.2. The SMILES string of the molecule is BC1OC(CC(C)C)C(OP(=C)(C)OCC)C1C. The molecule has 0 amide bonds. The minimum Gasteiger partial charge on any atom is -0.381 e. The van der Waals surface area contributed by atoms with Crippen molar-refractivity contribution in [1.29, 1.82) is 0 Å². The third kappa shape index (κ3) is 4.41. The quantitative estimate of drug-likeness (QED) is 0.549. The van der Waals surface area contributed by atoms with Gasteiger partial charge in [-0.2, -0.15) is 0 Å². The first-order chi connectivity index (χ1) is 8.26. The van der Waals surface area contributed by atoms with Crippen LogP contribution in [0.15, 0.2) is 0 Å². The van der Waals surface area contributed by atoms with Gasteiger partial charge in [0.05, 0.1) is 18.8 Å². The average molecular weight is 274 g/mol. The van der Waals surface area contributed by atoms with Gasteiger partial charge in [0.1, 0.15) is 15.2 Å². The zero-order chi connectivity index (χ0) is 13.9. The van der Waals surface area contributed by atoms with Crippen molar-refractivity contribution in [3.05, 3.63) is 0 Å². The largest absolute Gasteiger partial charge is 0.381 e. The van der Waals surface area contributed by atoms with Gasteiger partial charge in [-0.05, 0) is 19.3 Å². The van der Waals surface area contributed by atoms with Crippen molar-refractivity contribution in [3.63, 3.8) is 0 Å². The summed E-state index contributed by atoms with van der Waals surface area (Å²) in [4.78, 5) is 0. The van der Waals surface area contributed by atoms with Crippen LogP contribution in [-0.2, 0) is 13.8 Å². The molecule has 0 aromatic rings. The van der Waals surface area contributed by atoms with E-state index in [2.05, 4.69) is 34.9 Å². The fraction of sp³-hybridized carbons (Fsp3) is 0.923. The highest BCUT2D eigenvalue weighted by molar-refractivity contribution is 7.63. The molecule has 1 aliphatic heterocycles. The molecule has 0 aliphatic carbocycles. The fourth-order valence-electron chi connectivity index (χ4n) is 2.46. The Balaban J connectivity index is 2.72. The molecule has 5 atom stereocenters. The minimum atomic E-state index is -1.97. The molecule has 0 bridgehead atoms. The van der Waals surface area contributed by atoms with Gasteiger partial charge in [0.15, 0.2) is 0 Å². The van der Waals surface area contributed by atoms with Crippen LogP contribution in [0.1, 0.15) is 34.1 Å². The van der Waals surface area contributed by atoms with Crippen molar-refractivity contribution >= 4 is 21.5 Å². The summed E-state index contributed by atoms with van der Waals surface area (Å²) < 4.78 is 17.9. The first kappa shape index (κ1) is 16.3. The maximum atomic E-state index is 6.19. The van der Waals surface area contributed by atoms with E-state index < -0.39 is 7.34 Å². The molecule has 1 saturated heterocycles. The normalized spacial score (nSPS) is 35.9. The Morgan fingerprint density at radius 2 is 2.06 bits per heavy atom. The van der Waals surface area contributed by atoms with Crippen LogP contribution >= 0.6 is 7.34 Å². The molecule has 0 aromatic heterocycles. The summed E-state index contributed by atoms with van der Waals surface area (Å²) in [5, 5.41) is 0. The summed E-state index contributed by atoms with van der Waals surface area (Å²) in [6.45, 7) is 11.3. The Morgan fingerprint density at radius 1 is 1.44 bits per heavy atom. The van der Waals surface area contributed by atoms with Gasteiger partial charge in [-0.15, -0.1) is 0 Å². The third-order valence-electron chi connectivity index (χ3n) is 3.47. The molecule has 1 heterocycles. The number of rotatable bonds is 6. The predicted octanol–water partition coefficient (Wildman–Crippen LogP) is 2.36. The number of hydrogen-bond donors (Lipinski definition) is 0. The maximum absolute atomic E-state index is 6.19. The predicted molar refractivity (Wildman–Crippen MR) is 82.3 cm³/mol. The molecule has 1 fully saturated rings. The summed E-state index contributed by atoms with van der Waals surface area (Å²) in [6, 6.07) is 0.250. The third-order valence-corrected chi connectivity index (χ3v) is 4.96. The minimum absolute atomic E-state index is 0.116. The van der Waals surface area contributed by atoms with E-state index in [0.29, 0.717) is 18.4 Å². The van der Waals surface area contributed by atoms with Gasteiger partial charge in [0.2, 0.25) is 0 Å². The summed E-state index contributed by atoms with van der Waals surface area (Å²) in [5.41, 5.74) is 0. The van der Waals surface area contributed by atoms with E-state index in [9.17, 15) is 0 Å². The van der Waals surface area contributed by atoms with Crippen LogP contribution in [0.3, 0.4) is 0 Å². The highest BCUT2D eigenvalue weighted by Crippen LogP contribution is 2.48. The Hall–Kier alpha value is 0.245. The lowest BCUT2D eigenvalue weighted by Crippen LogP contribution is -2.29. The molecule has 5 unspecified atom stereocenters. The molecule has 0 N–H and O–H groups in total. The average Bonchev–Trinajstić information content (AvgIpc) is 2.44. The van der Waals surface area contributed by atoms with Crippen molar-refractivity contribution in [2.24, 2.45) is 11.8 Å². The van der Waals surface area contributed by atoms with E-state index in [4.69, 9.17) is 13.8 Å². The summed E-state index contributed by atoms with van der Waals surface area (Å²) in [7, 11) is 0.160. The molecule has 0 saturated carbocycles. The van der Waals surface area contributed by atoms with Crippen LogP contribution < -0.4 is 0 Å². The van der Waals surface area contributed by atoms with Gasteiger partial charge in [-0.1, -0.05) is 27.1 Å². The second-order valence-corrected chi connectivity index (χ2v) is 8.37. The van der Waals surface area contributed by atoms with Crippen LogP contribution in [0.25, 0.3) is 0 Å². The molecular formula is C13H28BO3P. The van der Waals surface area contributed by atoms with E-state index in [1.165, 1.54) is 0 Å². The van der Waals surface area contributed by atoms with Crippen LogP contribution in [0.2, 0.25) is 0 Å². The Kier molecular flexibility index (Phi) is 5.98.